The van der Waals surface area contributed by atoms with Crippen molar-refractivity contribution in [2.45, 2.75) is 64.4 Å². The van der Waals surface area contributed by atoms with E-state index in [0.717, 1.165) is 18.9 Å². The first kappa shape index (κ1) is 14.6. The second-order valence-corrected chi connectivity index (χ2v) is 5.95. The highest BCUT2D eigenvalue weighted by Crippen LogP contribution is 2.40. The molecule has 1 saturated heterocycles. The summed E-state index contributed by atoms with van der Waals surface area (Å²) in [4.78, 5) is 0. The fraction of sp³-hybridized carbons (Fsp3) is 0.667. The van der Waals surface area contributed by atoms with Crippen molar-refractivity contribution < 1.29 is 4.74 Å². The first-order chi connectivity index (χ1) is 9.30. The Morgan fingerprint density at radius 3 is 2.63 bits per heavy atom. The molecular weight excluding hydrogens is 232 g/mol. The van der Waals surface area contributed by atoms with Gasteiger partial charge < -0.3 is 4.74 Å². The van der Waals surface area contributed by atoms with Gasteiger partial charge in [-0.3, -0.25) is 0 Å². The van der Waals surface area contributed by atoms with Crippen molar-refractivity contribution in [2.24, 2.45) is 5.92 Å². The van der Waals surface area contributed by atoms with Crippen LogP contribution in [0.1, 0.15) is 57.9 Å². The van der Waals surface area contributed by atoms with E-state index in [1.165, 1.54) is 44.1 Å². The van der Waals surface area contributed by atoms with Crippen LogP contribution in [0.25, 0.3) is 0 Å². The SMILES string of the molecule is CCCC1CCCOC1(CCC)Cc1ccccc1. The predicted molar refractivity (Wildman–Crippen MR) is 81.4 cm³/mol. The van der Waals surface area contributed by atoms with Gasteiger partial charge in [0.25, 0.3) is 0 Å². The average molecular weight is 260 g/mol. The van der Waals surface area contributed by atoms with Gasteiger partial charge in [0.15, 0.2) is 0 Å². The highest BCUT2D eigenvalue weighted by atomic mass is 16.5. The molecule has 0 amide bonds. The van der Waals surface area contributed by atoms with E-state index in [2.05, 4.69) is 44.2 Å². The lowest BCUT2D eigenvalue weighted by molar-refractivity contribution is -0.126. The molecule has 19 heavy (non-hydrogen) atoms. The van der Waals surface area contributed by atoms with E-state index >= 15 is 0 Å². The number of benzene rings is 1. The molecule has 106 valence electrons. The lowest BCUT2D eigenvalue weighted by Gasteiger charge is -2.44. The fourth-order valence-electron chi connectivity index (χ4n) is 3.67. The fourth-order valence-corrected chi connectivity index (χ4v) is 3.67. The van der Waals surface area contributed by atoms with Crippen molar-refractivity contribution in [3.63, 3.8) is 0 Å². The Balaban J connectivity index is 2.18. The van der Waals surface area contributed by atoms with Gasteiger partial charge >= 0.3 is 0 Å². The van der Waals surface area contributed by atoms with Crippen molar-refractivity contribution in [3.8, 4) is 0 Å². The molecule has 1 nitrogen and oxygen atoms in total. The molecule has 2 unspecified atom stereocenters. The van der Waals surface area contributed by atoms with Crippen LogP contribution in [0, 0.1) is 5.92 Å². The monoisotopic (exact) mass is 260 g/mol. The van der Waals surface area contributed by atoms with E-state index in [-0.39, 0.29) is 5.60 Å². The second kappa shape index (κ2) is 7.09. The normalized spacial score (nSPS) is 27.4. The van der Waals surface area contributed by atoms with Crippen LogP contribution in [0.2, 0.25) is 0 Å². The minimum Gasteiger partial charge on any atom is -0.374 e. The van der Waals surface area contributed by atoms with Crippen molar-refractivity contribution in [1.29, 1.82) is 0 Å². The van der Waals surface area contributed by atoms with E-state index in [1.54, 1.807) is 0 Å². The van der Waals surface area contributed by atoms with Crippen molar-refractivity contribution >= 4 is 0 Å². The van der Waals surface area contributed by atoms with Gasteiger partial charge in [-0.1, -0.05) is 57.0 Å². The van der Waals surface area contributed by atoms with Crippen LogP contribution < -0.4 is 0 Å². The summed E-state index contributed by atoms with van der Waals surface area (Å²) < 4.78 is 6.38. The van der Waals surface area contributed by atoms with Crippen molar-refractivity contribution in [2.75, 3.05) is 6.61 Å². The van der Waals surface area contributed by atoms with Gasteiger partial charge in [0, 0.05) is 13.0 Å². The minimum atomic E-state index is 0.102. The number of rotatable bonds is 6. The maximum absolute atomic E-state index is 6.38. The summed E-state index contributed by atoms with van der Waals surface area (Å²) in [7, 11) is 0. The predicted octanol–water partition coefficient (Wildman–Crippen LogP) is 4.99. The topological polar surface area (TPSA) is 9.23 Å². The third-order valence-corrected chi connectivity index (χ3v) is 4.49. The number of hydrogen-bond donors (Lipinski definition) is 0. The molecule has 0 bridgehead atoms. The Morgan fingerprint density at radius 1 is 1.16 bits per heavy atom. The maximum atomic E-state index is 6.38. The molecule has 0 radical (unpaired) electrons. The van der Waals surface area contributed by atoms with Gasteiger partial charge in [0.05, 0.1) is 5.60 Å². The molecule has 1 fully saturated rings. The molecule has 1 aromatic carbocycles. The summed E-state index contributed by atoms with van der Waals surface area (Å²) >= 11 is 0. The molecular formula is C18H28O. The molecule has 2 rings (SSSR count). The highest BCUT2D eigenvalue weighted by Gasteiger charge is 2.40. The summed E-state index contributed by atoms with van der Waals surface area (Å²) in [6.07, 6.45) is 8.68. The molecule has 0 aromatic heterocycles. The van der Waals surface area contributed by atoms with E-state index in [0.29, 0.717) is 0 Å². The summed E-state index contributed by atoms with van der Waals surface area (Å²) in [6.45, 7) is 5.54. The largest absolute Gasteiger partial charge is 0.374 e. The summed E-state index contributed by atoms with van der Waals surface area (Å²) in [6, 6.07) is 10.9. The molecule has 0 spiro atoms. The summed E-state index contributed by atoms with van der Waals surface area (Å²) in [5.74, 6) is 0.742. The Bertz CT molecular complexity index is 353. The van der Waals surface area contributed by atoms with Crippen molar-refractivity contribution in [1.82, 2.24) is 0 Å². The third kappa shape index (κ3) is 3.60. The van der Waals surface area contributed by atoms with E-state index in [4.69, 9.17) is 4.74 Å². The van der Waals surface area contributed by atoms with Crippen LogP contribution in [-0.4, -0.2) is 12.2 Å². The Labute approximate surface area is 118 Å². The molecule has 0 saturated carbocycles. The smallest absolute Gasteiger partial charge is 0.0750 e. The van der Waals surface area contributed by atoms with Crippen LogP contribution in [0.3, 0.4) is 0 Å². The molecule has 0 N–H and O–H groups in total. The summed E-state index contributed by atoms with van der Waals surface area (Å²) in [5, 5.41) is 0. The van der Waals surface area contributed by atoms with Crippen LogP contribution in [0.5, 0.6) is 0 Å². The van der Waals surface area contributed by atoms with E-state index in [9.17, 15) is 0 Å². The molecule has 0 aliphatic carbocycles. The third-order valence-electron chi connectivity index (χ3n) is 4.49. The van der Waals surface area contributed by atoms with Gasteiger partial charge in [-0.15, -0.1) is 0 Å². The van der Waals surface area contributed by atoms with Crippen LogP contribution in [0.15, 0.2) is 30.3 Å². The molecule has 1 aromatic rings. The lowest BCUT2D eigenvalue weighted by Crippen LogP contribution is -2.46. The molecule has 1 aliphatic heterocycles. The van der Waals surface area contributed by atoms with Crippen molar-refractivity contribution in [3.05, 3.63) is 35.9 Å². The zero-order valence-electron chi connectivity index (χ0n) is 12.5. The highest BCUT2D eigenvalue weighted by molar-refractivity contribution is 5.18. The number of hydrogen-bond acceptors (Lipinski definition) is 1. The van der Waals surface area contributed by atoms with Gasteiger partial charge in [0.1, 0.15) is 0 Å². The van der Waals surface area contributed by atoms with Crippen LogP contribution in [0.4, 0.5) is 0 Å². The Hall–Kier alpha value is -0.820. The Morgan fingerprint density at radius 2 is 1.95 bits per heavy atom. The first-order valence-corrected chi connectivity index (χ1v) is 7.98. The first-order valence-electron chi connectivity index (χ1n) is 7.98. The van der Waals surface area contributed by atoms with E-state index < -0.39 is 0 Å². The van der Waals surface area contributed by atoms with Crippen LogP contribution in [-0.2, 0) is 11.2 Å². The quantitative estimate of drug-likeness (QED) is 0.699. The lowest BCUT2D eigenvalue weighted by atomic mass is 9.73. The average Bonchev–Trinajstić information content (AvgIpc) is 2.43. The Kier molecular flexibility index (Phi) is 5.45. The van der Waals surface area contributed by atoms with Crippen LogP contribution >= 0.6 is 0 Å². The summed E-state index contributed by atoms with van der Waals surface area (Å²) in [5.41, 5.74) is 1.53. The standard InChI is InChI=1S/C18H28O/c1-3-9-17-12-8-14-19-18(17,13-4-2)15-16-10-6-5-7-11-16/h5-7,10-11,17H,3-4,8-9,12-15H2,1-2H3. The maximum Gasteiger partial charge on any atom is 0.0750 e. The molecule has 1 heteroatoms. The van der Waals surface area contributed by atoms with Gasteiger partial charge in [-0.05, 0) is 37.2 Å². The molecule has 1 heterocycles. The van der Waals surface area contributed by atoms with Gasteiger partial charge in [-0.2, -0.15) is 0 Å². The second-order valence-electron chi connectivity index (χ2n) is 5.95. The molecule has 1 aliphatic rings. The van der Waals surface area contributed by atoms with E-state index in [1.807, 2.05) is 0 Å². The zero-order valence-corrected chi connectivity index (χ0v) is 12.5. The van der Waals surface area contributed by atoms with Gasteiger partial charge in [-0.25, -0.2) is 0 Å². The number of ether oxygens (including phenoxy) is 1. The zero-order chi connectivity index (χ0) is 13.6. The van der Waals surface area contributed by atoms with Gasteiger partial charge in [0.2, 0.25) is 0 Å². The molecule has 2 atom stereocenters. The minimum absolute atomic E-state index is 0.102.